The minimum Gasteiger partial charge on any atom is -0.360 e. The molecular formula is C21H30N4O3S2. The van der Waals surface area contributed by atoms with Crippen molar-refractivity contribution in [2.75, 3.05) is 18.1 Å². The highest BCUT2D eigenvalue weighted by Crippen LogP contribution is 2.11. The lowest BCUT2D eigenvalue weighted by molar-refractivity contribution is -0.0962. The molecule has 0 spiro atoms. The molecule has 7 nitrogen and oxygen atoms in total. The van der Waals surface area contributed by atoms with E-state index < -0.39 is 10.0 Å². The number of aromatic nitrogens is 1. The number of rotatable bonds is 12. The van der Waals surface area contributed by atoms with Crippen LogP contribution in [0.5, 0.6) is 0 Å². The molecule has 2 rings (SSSR count). The summed E-state index contributed by atoms with van der Waals surface area (Å²) in [5, 5.41) is 6.96. The molecule has 0 bridgehead atoms. The van der Waals surface area contributed by atoms with E-state index in [1.165, 1.54) is 6.26 Å². The molecule has 30 heavy (non-hydrogen) atoms. The lowest BCUT2D eigenvalue weighted by Crippen LogP contribution is -2.35. The molecule has 1 atom stereocenters. The monoisotopic (exact) mass is 450 g/mol. The van der Waals surface area contributed by atoms with Crippen LogP contribution in [0.4, 0.5) is 5.69 Å². The maximum atomic E-state index is 12.0. The molecule has 0 fully saturated rings. The summed E-state index contributed by atoms with van der Waals surface area (Å²) in [6.45, 7) is 2.65. The van der Waals surface area contributed by atoms with Gasteiger partial charge in [-0.25, -0.2) is 8.42 Å². The van der Waals surface area contributed by atoms with Crippen LogP contribution in [0, 0.1) is 0 Å². The van der Waals surface area contributed by atoms with Crippen LogP contribution in [0.15, 0.2) is 54.9 Å². The average molecular weight is 451 g/mol. The van der Waals surface area contributed by atoms with E-state index in [2.05, 4.69) is 22.5 Å². The van der Waals surface area contributed by atoms with E-state index in [0.29, 0.717) is 11.7 Å². The van der Waals surface area contributed by atoms with Crippen molar-refractivity contribution in [1.82, 2.24) is 14.8 Å². The zero-order chi connectivity index (χ0) is 21.8. The largest absolute Gasteiger partial charge is 0.360 e. The Morgan fingerprint density at radius 1 is 1.13 bits per heavy atom. The van der Waals surface area contributed by atoms with Gasteiger partial charge >= 0.3 is 0 Å². The van der Waals surface area contributed by atoms with E-state index >= 15 is 0 Å². The van der Waals surface area contributed by atoms with Crippen molar-refractivity contribution in [3.05, 3.63) is 60.4 Å². The summed E-state index contributed by atoms with van der Waals surface area (Å²) in [6, 6.07) is 13.4. The zero-order valence-electron chi connectivity index (χ0n) is 17.5. The van der Waals surface area contributed by atoms with Crippen LogP contribution < -0.4 is 10.6 Å². The molecule has 0 amide bonds. The number of nitrogens with one attached hydrogen (secondary N) is 2. The smallest absolute Gasteiger partial charge is 0.233 e. The quantitative estimate of drug-likeness (QED) is 0.290. The van der Waals surface area contributed by atoms with Crippen LogP contribution in [-0.2, 0) is 21.5 Å². The Morgan fingerprint density at radius 3 is 2.50 bits per heavy atom. The third kappa shape index (κ3) is 9.62. The van der Waals surface area contributed by atoms with Crippen molar-refractivity contribution in [2.24, 2.45) is 0 Å². The van der Waals surface area contributed by atoms with E-state index in [1.54, 1.807) is 12.4 Å². The third-order valence-corrected chi connectivity index (χ3v) is 5.63. The molecule has 1 aromatic heterocycles. The van der Waals surface area contributed by atoms with Gasteiger partial charge in [0.1, 0.15) is 0 Å². The number of benzene rings is 1. The molecule has 0 aliphatic heterocycles. The highest BCUT2D eigenvalue weighted by molar-refractivity contribution is 7.88. The predicted octanol–water partition coefficient (Wildman–Crippen LogP) is 3.71. The van der Waals surface area contributed by atoms with Gasteiger partial charge in [-0.15, -0.1) is 0 Å². The number of thiocarbonyl (C=S) groups is 1. The Morgan fingerprint density at radius 2 is 1.83 bits per heavy atom. The van der Waals surface area contributed by atoms with Crippen molar-refractivity contribution < 1.29 is 13.3 Å². The lowest BCUT2D eigenvalue weighted by Gasteiger charge is -2.20. The normalized spacial score (nSPS) is 12.5. The summed E-state index contributed by atoms with van der Waals surface area (Å²) < 4.78 is 25.0. The summed E-state index contributed by atoms with van der Waals surface area (Å²) in [4.78, 5) is 9.50. The Kier molecular flexibility index (Phi) is 10.2. The van der Waals surface area contributed by atoms with Crippen molar-refractivity contribution in [3.8, 4) is 0 Å². The number of hydroxylamine groups is 1. The Bertz CT molecular complexity index is 864. The second-order valence-corrected chi connectivity index (χ2v) is 9.41. The molecule has 1 heterocycles. The van der Waals surface area contributed by atoms with Gasteiger partial charge in [-0.1, -0.05) is 47.6 Å². The maximum Gasteiger partial charge on any atom is 0.233 e. The van der Waals surface area contributed by atoms with Crippen LogP contribution in [-0.4, -0.2) is 41.8 Å². The molecule has 0 saturated heterocycles. The van der Waals surface area contributed by atoms with Crippen LogP contribution in [0.3, 0.4) is 0 Å². The van der Waals surface area contributed by atoms with Gasteiger partial charge in [0.15, 0.2) is 5.11 Å². The van der Waals surface area contributed by atoms with Gasteiger partial charge < -0.3 is 10.6 Å². The van der Waals surface area contributed by atoms with Gasteiger partial charge in [0, 0.05) is 30.7 Å². The van der Waals surface area contributed by atoms with Crippen LogP contribution >= 0.6 is 12.2 Å². The minimum atomic E-state index is -3.42. The first kappa shape index (κ1) is 24.2. The van der Waals surface area contributed by atoms with E-state index in [9.17, 15) is 8.42 Å². The second kappa shape index (κ2) is 12.6. The number of pyridine rings is 1. The molecule has 9 heteroatoms. The number of sulfonamides is 1. The summed E-state index contributed by atoms with van der Waals surface area (Å²) in [5.41, 5.74) is 1.83. The van der Waals surface area contributed by atoms with Crippen molar-refractivity contribution in [1.29, 1.82) is 0 Å². The van der Waals surface area contributed by atoms with E-state index in [-0.39, 0.29) is 12.6 Å². The first-order valence-electron chi connectivity index (χ1n) is 9.96. The third-order valence-electron chi connectivity index (χ3n) is 4.38. The van der Waals surface area contributed by atoms with Crippen molar-refractivity contribution in [2.45, 2.75) is 45.3 Å². The van der Waals surface area contributed by atoms with Gasteiger partial charge in [0.05, 0.1) is 12.9 Å². The number of hydrogen-bond acceptors (Lipinski definition) is 5. The molecule has 0 radical (unpaired) electrons. The fourth-order valence-electron chi connectivity index (χ4n) is 2.81. The SMILES string of the molecule is CC(CCCCCN(OCc1ccccc1)S(C)(=O)=O)NC(=S)Nc1ccncc1. The molecule has 164 valence electrons. The highest BCUT2D eigenvalue weighted by Gasteiger charge is 2.17. The van der Waals surface area contributed by atoms with Gasteiger partial charge in [-0.3, -0.25) is 9.82 Å². The second-order valence-electron chi connectivity index (χ2n) is 7.13. The molecule has 1 unspecified atom stereocenters. The molecular weight excluding hydrogens is 420 g/mol. The topological polar surface area (TPSA) is 83.6 Å². The summed E-state index contributed by atoms with van der Waals surface area (Å²) in [6.07, 6.45) is 8.10. The molecule has 2 aromatic rings. The van der Waals surface area contributed by atoms with Crippen molar-refractivity contribution >= 4 is 33.0 Å². The van der Waals surface area contributed by atoms with Gasteiger partial charge in [-0.05, 0) is 49.7 Å². The average Bonchev–Trinajstić information content (AvgIpc) is 2.70. The summed E-state index contributed by atoms with van der Waals surface area (Å²) in [7, 11) is -3.42. The fraction of sp³-hybridized carbons (Fsp3) is 0.429. The number of unbranched alkanes of at least 4 members (excludes halogenated alkanes) is 2. The van der Waals surface area contributed by atoms with Crippen LogP contribution in [0.25, 0.3) is 0 Å². The first-order valence-corrected chi connectivity index (χ1v) is 12.2. The Hall–Kier alpha value is -2.07. The lowest BCUT2D eigenvalue weighted by atomic mass is 10.1. The molecule has 2 N–H and O–H groups in total. The van der Waals surface area contributed by atoms with Crippen molar-refractivity contribution in [3.63, 3.8) is 0 Å². The number of nitrogens with zero attached hydrogens (tertiary/aromatic N) is 2. The molecule has 0 aliphatic carbocycles. The van der Waals surface area contributed by atoms with E-state index in [0.717, 1.165) is 41.4 Å². The molecule has 1 aromatic carbocycles. The standard InChI is InChI=1S/C21H30N4O3S2/c1-18(23-21(29)24-20-12-14-22-15-13-20)9-5-4-8-16-25(30(2,26)27)28-17-19-10-6-3-7-11-19/h3,6-7,10-15,18H,4-5,8-9,16-17H2,1-2H3,(H2,22,23,24,29). The van der Waals surface area contributed by atoms with Gasteiger partial charge in [0.2, 0.25) is 10.0 Å². The Labute approximate surface area is 184 Å². The van der Waals surface area contributed by atoms with Crippen LogP contribution in [0.1, 0.15) is 38.2 Å². The predicted molar refractivity (Wildman–Crippen MR) is 124 cm³/mol. The minimum absolute atomic E-state index is 0.215. The van der Waals surface area contributed by atoms with E-state index in [4.69, 9.17) is 17.1 Å². The van der Waals surface area contributed by atoms with Gasteiger partial charge in [0.25, 0.3) is 0 Å². The zero-order valence-corrected chi connectivity index (χ0v) is 19.1. The number of anilines is 1. The number of hydrogen-bond donors (Lipinski definition) is 2. The summed E-state index contributed by atoms with van der Waals surface area (Å²) in [5.74, 6) is 0. The van der Waals surface area contributed by atoms with Gasteiger partial charge in [-0.2, -0.15) is 0 Å². The first-order chi connectivity index (χ1) is 14.3. The molecule has 0 aliphatic rings. The van der Waals surface area contributed by atoms with Crippen LogP contribution in [0.2, 0.25) is 0 Å². The summed E-state index contributed by atoms with van der Waals surface area (Å²) >= 11 is 5.33. The Balaban J connectivity index is 1.64. The van der Waals surface area contributed by atoms with E-state index in [1.807, 2.05) is 42.5 Å². The highest BCUT2D eigenvalue weighted by atomic mass is 32.2. The fourth-order valence-corrected chi connectivity index (χ4v) is 3.84. The maximum absolute atomic E-state index is 12.0. The molecule has 0 saturated carbocycles.